The van der Waals surface area contributed by atoms with Crippen LogP contribution < -0.4 is 5.69 Å². The van der Waals surface area contributed by atoms with Gasteiger partial charge in [-0.15, -0.1) is 0 Å². The number of rotatable bonds is 7. The van der Waals surface area contributed by atoms with Gasteiger partial charge in [0.1, 0.15) is 0 Å². The summed E-state index contributed by atoms with van der Waals surface area (Å²) in [5, 5.41) is 4.88. The molecular formula is C54H43N3O. The molecule has 0 aliphatic carbocycles. The summed E-state index contributed by atoms with van der Waals surface area (Å²) >= 11 is 0. The second-order valence-electron chi connectivity index (χ2n) is 15.5. The van der Waals surface area contributed by atoms with Crippen LogP contribution in [0.3, 0.4) is 0 Å². The number of fused-ring (bicyclic) bond motifs is 3. The normalized spacial score (nSPS) is 15.5. The van der Waals surface area contributed by atoms with Crippen LogP contribution >= 0.6 is 0 Å². The van der Waals surface area contributed by atoms with Crippen molar-refractivity contribution in [2.24, 2.45) is 25.0 Å². The predicted octanol–water partition coefficient (Wildman–Crippen LogP) is 12.8. The molecule has 0 bridgehead atoms. The smallest absolute Gasteiger partial charge is 0.295 e. The fourth-order valence-corrected chi connectivity index (χ4v) is 9.33. The van der Waals surface area contributed by atoms with Gasteiger partial charge in [-0.3, -0.25) is 14.1 Å². The number of hydrogen-bond acceptors (Lipinski definition) is 2. The molecule has 4 nitrogen and oxygen atoms in total. The number of aryl methyl sites for hydroxylation is 2. The standard InChI is InChI=1S/C54H43N3O/c1-4-42-47(34-48(35-17-7-5-8-18-35)55-53(42)36-19-9-6-10-20-36)39-22-16-24-41(32-39)52-45-27-13-11-25-43(45)51(44-26-12-14-28-46(44)52)40-23-15-21-37(31-40)38-29-30-49-50(33-38)57(3)54(58)56(49)2/h5-34,42,47H,4H2,1-3H3. The van der Waals surface area contributed by atoms with E-state index in [2.05, 4.69) is 189 Å². The molecule has 0 amide bonds. The van der Waals surface area contributed by atoms with Crippen molar-refractivity contribution in [2.45, 2.75) is 19.3 Å². The first-order valence-corrected chi connectivity index (χ1v) is 20.2. The lowest BCUT2D eigenvalue weighted by molar-refractivity contribution is 0.593. The fraction of sp³-hybridized carbons (Fsp3) is 0.111. The third-order valence-corrected chi connectivity index (χ3v) is 12.2. The van der Waals surface area contributed by atoms with E-state index in [0.717, 1.165) is 51.1 Å². The summed E-state index contributed by atoms with van der Waals surface area (Å²) in [5.74, 6) is 0.366. The van der Waals surface area contributed by atoms with Crippen molar-refractivity contribution in [3.05, 3.63) is 209 Å². The highest BCUT2D eigenvalue weighted by Gasteiger charge is 2.31. The average molecular weight is 750 g/mol. The Hall–Kier alpha value is -7.04. The number of allylic oxidation sites excluding steroid dienone is 1. The zero-order valence-corrected chi connectivity index (χ0v) is 32.9. The first kappa shape index (κ1) is 35.4. The predicted molar refractivity (Wildman–Crippen MR) is 243 cm³/mol. The summed E-state index contributed by atoms with van der Waals surface area (Å²) in [6.45, 7) is 2.29. The molecule has 1 aliphatic rings. The van der Waals surface area contributed by atoms with E-state index in [9.17, 15) is 4.79 Å². The van der Waals surface area contributed by atoms with Crippen molar-refractivity contribution in [1.82, 2.24) is 9.13 Å². The van der Waals surface area contributed by atoms with E-state index in [-0.39, 0.29) is 17.5 Å². The molecule has 9 aromatic rings. The SMILES string of the molecule is CCC1C(c2ccccc2)=NC(c2ccccc2)=CC1c1cccc(-c2c3ccccc3c(-c3cccc(-c4ccc5c(c4)n(C)c(=O)n5C)c3)c3ccccc23)c1. The topological polar surface area (TPSA) is 39.3 Å². The van der Waals surface area contributed by atoms with Crippen molar-refractivity contribution in [1.29, 1.82) is 0 Å². The summed E-state index contributed by atoms with van der Waals surface area (Å²) in [4.78, 5) is 18.1. The van der Waals surface area contributed by atoms with Gasteiger partial charge < -0.3 is 0 Å². The minimum Gasteiger partial charge on any atom is -0.295 e. The van der Waals surface area contributed by atoms with Crippen LogP contribution in [0.2, 0.25) is 0 Å². The number of aliphatic imine (C=N–C) groups is 1. The Bertz CT molecular complexity index is 3090. The van der Waals surface area contributed by atoms with E-state index in [0.29, 0.717) is 0 Å². The van der Waals surface area contributed by atoms with Gasteiger partial charge in [-0.25, -0.2) is 4.79 Å². The molecule has 2 heterocycles. The van der Waals surface area contributed by atoms with E-state index in [1.54, 1.807) is 9.13 Å². The maximum Gasteiger partial charge on any atom is 0.328 e. The van der Waals surface area contributed by atoms with Crippen LogP contribution in [0.25, 0.3) is 71.7 Å². The zero-order valence-electron chi connectivity index (χ0n) is 32.9. The Morgan fingerprint density at radius 3 is 1.60 bits per heavy atom. The lowest BCUT2D eigenvalue weighted by Gasteiger charge is -2.31. The van der Waals surface area contributed by atoms with Crippen LogP contribution in [0, 0.1) is 5.92 Å². The first-order chi connectivity index (χ1) is 28.5. The van der Waals surface area contributed by atoms with Gasteiger partial charge >= 0.3 is 5.69 Å². The largest absolute Gasteiger partial charge is 0.328 e. The van der Waals surface area contributed by atoms with Gasteiger partial charge in [-0.1, -0.05) is 165 Å². The van der Waals surface area contributed by atoms with Gasteiger partial charge in [0, 0.05) is 25.9 Å². The van der Waals surface area contributed by atoms with E-state index in [4.69, 9.17) is 4.99 Å². The second-order valence-corrected chi connectivity index (χ2v) is 15.5. The van der Waals surface area contributed by atoms with Crippen LogP contribution in [0.15, 0.2) is 192 Å². The summed E-state index contributed by atoms with van der Waals surface area (Å²) in [7, 11) is 3.67. The minimum absolute atomic E-state index is 0.0208. The molecule has 0 fully saturated rings. The van der Waals surface area contributed by atoms with Crippen LogP contribution in [-0.2, 0) is 14.1 Å². The third kappa shape index (κ3) is 5.92. The molecule has 8 aromatic carbocycles. The van der Waals surface area contributed by atoms with E-state index < -0.39 is 0 Å². The molecule has 1 aromatic heterocycles. The summed E-state index contributed by atoms with van der Waals surface area (Å²) < 4.78 is 3.43. The zero-order chi connectivity index (χ0) is 39.3. The molecule has 4 heteroatoms. The van der Waals surface area contributed by atoms with Gasteiger partial charge in [0.05, 0.1) is 22.4 Å². The first-order valence-electron chi connectivity index (χ1n) is 20.2. The molecule has 2 unspecified atom stereocenters. The van der Waals surface area contributed by atoms with Crippen molar-refractivity contribution < 1.29 is 0 Å². The average Bonchev–Trinajstić information content (AvgIpc) is 3.51. The van der Waals surface area contributed by atoms with Crippen molar-refractivity contribution in [2.75, 3.05) is 0 Å². The molecule has 0 spiro atoms. The Morgan fingerprint density at radius 2 is 0.983 bits per heavy atom. The number of hydrogen-bond donors (Lipinski definition) is 0. The number of aromatic nitrogens is 2. The fourth-order valence-electron chi connectivity index (χ4n) is 9.33. The van der Waals surface area contributed by atoms with Gasteiger partial charge in [-0.2, -0.15) is 0 Å². The van der Waals surface area contributed by atoms with E-state index in [1.807, 2.05) is 14.1 Å². The van der Waals surface area contributed by atoms with Gasteiger partial charge in [-0.05, 0) is 102 Å². The Kier molecular flexibility index (Phi) is 8.83. The van der Waals surface area contributed by atoms with E-state index >= 15 is 0 Å². The molecule has 10 rings (SSSR count). The van der Waals surface area contributed by atoms with Crippen molar-refractivity contribution in [3.8, 4) is 33.4 Å². The Labute approximate surface area is 338 Å². The molecule has 58 heavy (non-hydrogen) atoms. The lowest BCUT2D eigenvalue weighted by Crippen LogP contribution is -2.25. The summed E-state index contributed by atoms with van der Waals surface area (Å²) in [5.41, 5.74) is 14.6. The summed E-state index contributed by atoms with van der Waals surface area (Å²) in [6.07, 6.45) is 3.37. The lowest BCUT2D eigenvalue weighted by atomic mass is 9.76. The highest BCUT2D eigenvalue weighted by atomic mass is 16.1. The number of benzene rings is 8. The van der Waals surface area contributed by atoms with Crippen LogP contribution in [0.5, 0.6) is 0 Å². The second kappa shape index (κ2) is 14.5. The van der Waals surface area contributed by atoms with Gasteiger partial charge in [0.15, 0.2) is 0 Å². The minimum atomic E-state index is -0.0208. The third-order valence-electron chi connectivity index (χ3n) is 12.2. The van der Waals surface area contributed by atoms with Crippen molar-refractivity contribution >= 4 is 44.0 Å². The van der Waals surface area contributed by atoms with Crippen LogP contribution in [-0.4, -0.2) is 14.8 Å². The highest BCUT2D eigenvalue weighted by molar-refractivity contribution is 6.21. The molecule has 0 saturated carbocycles. The molecule has 0 radical (unpaired) electrons. The molecule has 0 N–H and O–H groups in total. The molecule has 280 valence electrons. The highest BCUT2D eigenvalue weighted by Crippen LogP contribution is 2.46. The van der Waals surface area contributed by atoms with Crippen LogP contribution in [0.1, 0.15) is 36.0 Å². The van der Waals surface area contributed by atoms with E-state index in [1.165, 1.54) is 49.4 Å². The molecule has 2 atom stereocenters. The quantitative estimate of drug-likeness (QED) is 0.150. The number of nitrogens with zero attached hydrogens (tertiary/aromatic N) is 3. The molecular weight excluding hydrogens is 707 g/mol. The maximum absolute atomic E-state index is 12.7. The van der Waals surface area contributed by atoms with Crippen molar-refractivity contribution in [3.63, 3.8) is 0 Å². The molecule has 1 aliphatic heterocycles. The molecule has 0 saturated heterocycles. The Morgan fingerprint density at radius 1 is 0.483 bits per heavy atom. The summed E-state index contributed by atoms with van der Waals surface area (Å²) in [6, 6.07) is 63.4. The maximum atomic E-state index is 12.7. The van der Waals surface area contributed by atoms with Gasteiger partial charge in [0.25, 0.3) is 0 Å². The Balaban J connectivity index is 1.13. The number of imidazole rings is 1. The van der Waals surface area contributed by atoms with Gasteiger partial charge in [0.2, 0.25) is 0 Å². The van der Waals surface area contributed by atoms with Crippen LogP contribution in [0.4, 0.5) is 0 Å². The monoisotopic (exact) mass is 749 g/mol.